The van der Waals surface area contributed by atoms with Crippen LogP contribution >= 0.6 is 11.8 Å². The SMILES string of the molecule is CSCC[C@H](N)C(=O)OC[C@H]1O[C@@H](CCn2cnc3c(NCc4ccccc4)ncnc32)[C@@H]2OC(C)(C)O[C@@H]21. The van der Waals surface area contributed by atoms with Gasteiger partial charge in [0.25, 0.3) is 0 Å². The van der Waals surface area contributed by atoms with E-state index < -0.39 is 23.9 Å². The molecule has 0 bridgehead atoms. The number of carbonyl (C=O) groups is 1. The average molecular weight is 557 g/mol. The van der Waals surface area contributed by atoms with Gasteiger partial charge in [0, 0.05) is 13.1 Å². The lowest BCUT2D eigenvalue weighted by atomic mass is 10.1. The first-order chi connectivity index (χ1) is 18.8. The number of anilines is 1. The van der Waals surface area contributed by atoms with Crippen LogP contribution in [0.5, 0.6) is 0 Å². The first-order valence-electron chi connectivity index (χ1n) is 13.2. The van der Waals surface area contributed by atoms with Crippen LogP contribution in [-0.2, 0) is 36.8 Å². The van der Waals surface area contributed by atoms with Crippen molar-refractivity contribution in [3.8, 4) is 0 Å². The Balaban J connectivity index is 1.22. The third-order valence-corrected chi connectivity index (χ3v) is 7.57. The van der Waals surface area contributed by atoms with Gasteiger partial charge >= 0.3 is 5.97 Å². The van der Waals surface area contributed by atoms with Gasteiger partial charge in [0.1, 0.15) is 42.8 Å². The summed E-state index contributed by atoms with van der Waals surface area (Å²) in [7, 11) is 0. The van der Waals surface area contributed by atoms with E-state index in [0.717, 1.165) is 17.0 Å². The number of rotatable bonds is 12. The molecule has 0 saturated carbocycles. The van der Waals surface area contributed by atoms with Gasteiger partial charge in [-0.2, -0.15) is 11.8 Å². The van der Waals surface area contributed by atoms with Crippen LogP contribution in [0.15, 0.2) is 43.0 Å². The van der Waals surface area contributed by atoms with Gasteiger partial charge in [0.2, 0.25) is 0 Å². The number of aromatic nitrogens is 4. The Labute approximate surface area is 232 Å². The van der Waals surface area contributed by atoms with Crippen molar-refractivity contribution in [1.29, 1.82) is 0 Å². The van der Waals surface area contributed by atoms with Gasteiger partial charge in [-0.05, 0) is 44.3 Å². The summed E-state index contributed by atoms with van der Waals surface area (Å²) in [6.07, 6.45) is 5.20. The summed E-state index contributed by atoms with van der Waals surface area (Å²) in [4.78, 5) is 25.8. The maximum absolute atomic E-state index is 12.4. The lowest BCUT2D eigenvalue weighted by molar-refractivity contribution is -0.193. The highest BCUT2D eigenvalue weighted by Crippen LogP contribution is 2.40. The number of thioether (sulfide) groups is 1. The Bertz CT molecular complexity index is 1260. The minimum Gasteiger partial charge on any atom is -0.462 e. The van der Waals surface area contributed by atoms with Crippen LogP contribution < -0.4 is 11.1 Å². The highest BCUT2D eigenvalue weighted by atomic mass is 32.2. The Morgan fingerprint density at radius 1 is 1.18 bits per heavy atom. The molecule has 4 heterocycles. The second-order valence-corrected chi connectivity index (χ2v) is 11.2. The second-order valence-electron chi connectivity index (χ2n) is 10.3. The summed E-state index contributed by atoms with van der Waals surface area (Å²) < 4.78 is 26.1. The van der Waals surface area contributed by atoms with Gasteiger partial charge in [0.15, 0.2) is 17.3 Å². The van der Waals surface area contributed by atoms with Crippen LogP contribution in [0, 0.1) is 0 Å². The van der Waals surface area contributed by atoms with Gasteiger partial charge in [-0.1, -0.05) is 30.3 Å². The van der Waals surface area contributed by atoms with Crippen molar-refractivity contribution >= 4 is 34.7 Å². The number of nitrogens with two attached hydrogens (primary N) is 1. The van der Waals surface area contributed by atoms with Gasteiger partial charge in [0.05, 0.1) is 12.4 Å². The van der Waals surface area contributed by atoms with Crippen molar-refractivity contribution in [2.75, 3.05) is 23.9 Å². The van der Waals surface area contributed by atoms with Crippen LogP contribution in [0.3, 0.4) is 0 Å². The Kier molecular flexibility index (Phi) is 8.67. The van der Waals surface area contributed by atoms with E-state index in [4.69, 9.17) is 24.7 Å². The summed E-state index contributed by atoms with van der Waals surface area (Å²) in [5.41, 5.74) is 8.57. The molecule has 11 nitrogen and oxygen atoms in total. The first-order valence-corrected chi connectivity index (χ1v) is 14.6. The molecule has 1 aromatic carbocycles. The molecule has 3 aromatic rings. The fourth-order valence-electron chi connectivity index (χ4n) is 4.99. The number of nitrogens with one attached hydrogen (secondary N) is 1. The average Bonchev–Trinajstić information content (AvgIpc) is 3.59. The van der Waals surface area contributed by atoms with Crippen molar-refractivity contribution in [2.45, 2.75) is 76.0 Å². The van der Waals surface area contributed by atoms with E-state index >= 15 is 0 Å². The van der Waals surface area contributed by atoms with Crippen LogP contribution in [0.2, 0.25) is 0 Å². The molecule has 0 unspecified atom stereocenters. The highest BCUT2D eigenvalue weighted by molar-refractivity contribution is 7.98. The summed E-state index contributed by atoms with van der Waals surface area (Å²) in [6.45, 7) is 5.08. The first kappa shape index (κ1) is 27.8. The standard InChI is InChI=1S/C27H36N6O5S/c1-27(2)37-22-19(36-20(23(22)38-27)14-35-26(34)18(28)10-12-39-3)9-11-33-16-32-21-24(30-15-31-25(21)33)29-13-17-7-5-4-6-8-17/h4-8,15-16,18-20,22-23H,9-14,28H2,1-3H3,(H,29,30,31)/t18-,19-,20+,22-,23+/m0/s1. The number of hydrogen-bond acceptors (Lipinski definition) is 11. The van der Waals surface area contributed by atoms with Crippen LogP contribution in [0.1, 0.15) is 32.3 Å². The maximum Gasteiger partial charge on any atom is 0.323 e. The summed E-state index contributed by atoms with van der Waals surface area (Å²) in [5, 5.41) is 3.36. The smallest absolute Gasteiger partial charge is 0.323 e. The molecule has 12 heteroatoms. The largest absolute Gasteiger partial charge is 0.462 e. The maximum atomic E-state index is 12.4. The molecule has 2 aliphatic heterocycles. The van der Waals surface area contributed by atoms with Crippen molar-refractivity contribution in [3.05, 3.63) is 48.5 Å². The molecule has 2 saturated heterocycles. The molecule has 2 fully saturated rings. The van der Waals surface area contributed by atoms with Gasteiger partial charge in [-0.3, -0.25) is 4.79 Å². The van der Waals surface area contributed by atoms with Crippen molar-refractivity contribution in [2.24, 2.45) is 5.73 Å². The molecule has 3 N–H and O–H groups in total. The van der Waals surface area contributed by atoms with Crippen molar-refractivity contribution < 1.29 is 23.7 Å². The zero-order valence-corrected chi connectivity index (χ0v) is 23.3. The van der Waals surface area contributed by atoms with E-state index in [1.807, 2.05) is 42.9 Å². The van der Waals surface area contributed by atoms with E-state index in [9.17, 15) is 4.79 Å². The number of benzene rings is 1. The van der Waals surface area contributed by atoms with Crippen LogP contribution in [0.25, 0.3) is 11.2 Å². The van der Waals surface area contributed by atoms with E-state index in [1.54, 1.807) is 24.4 Å². The summed E-state index contributed by atoms with van der Waals surface area (Å²) >= 11 is 1.64. The van der Waals surface area contributed by atoms with Crippen LogP contribution in [0.4, 0.5) is 5.82 Å². The summed E-state index contributed by atoms with van der Waals surface area (Å²) in [5.74, 6) is 0.313. The Morgan fingerprint density at radius 3 is 2.72 bits per heavy atom. The van der Waals surface area contributed by atoms with Gasteiger partial charge in [-0.25, -0.2) is 15.0 Å². The molecular formula is C27H36N6O5S. The number of imidazole rings is 1. The number of carbonyl (C=O) groups excluding carboxylic acids is 1. The van der Waals surface area contributed by atoms with Crippen LogP contribution in [-0.4, -0.2) is 80.3 Å². The van der Waals surface area contributed by atoms with Crippen molar-refractivity contribution in [1.82, 2.24) is 19.5 Å². The topological polar surface area (TPSA) is 136 Å². The fraction of sp³-hybridized carbons (Fsp3) is 0.556. The zero-order chi connectivity index (χ0) is 27.4. The highest BCUT2D eigenvalue weighted by Gasteiger charge is 2.55. The molecule has 0 radical (unpaired) electrons. The molecule has 0 amide bonds. The number of nitrogens with zero attached hydrogens (tertiary/aromatic N) is 4. The molecule has 5 rings (SSSR count). The Morgan fingerprint density at radius 2 is 1.95 bits per heavy atom. The molecular weight excluding hydrogens is 520 g/mol. The van der Waals surface area contributed by atoms with E-state index in [-0.39, 0.29) is 24.9 Å². The summed E-state index contributed by atoms with van der Waals surface area (Å²) in [6, 6.07) is 9.48. The monoisotopic (exact) mass is 556 g/mol. The number of aryl methyl sites for hydroxylation is 1. The number of fused-ring (bicyclic) bond motifs is 2. The molecule has 0 aliphatic carbocycles. The Hall–Kier alpha value is -2.77. The van der Waals surface area contributed by atoms with Gasteiger partial charge < -0.3 is 34.6 Å². The lowest BCUT2D eigenvalue weighted by Gasteiger charge is -2.24. The molecule has 210 valence electrons. The second kappa shape index (κ2) is 12.2. The predicted octanol–water partition coefficient (Wildman–Crippen LogP) is 2.74. The molecule has 2 aliphatic rings. The number of hydrogen-bond donors (Lipinski definition) is 2. The van der Waals surface area contributed by atoms with Crippen molar-refractivity contribution in [3.63, 3.8) is 0 Å². The third-order valence-electron chi connectivity index (χ3n) is 6.93. The normalized spacial score (nSPS) is 24.5. The van der Waals surface area contributed by atoms with E-state index in [2.05, 4.69) is 32.4 Å². The fourth-order valence-corrected chi connectivity index (χ4v) is 5.48. The lowest BCUT2D eigenvalue weighted by Crippen LogP contribution is -2.38. The van der Waals surface area contributed by atoms with Gasteiger partial charge in [-0.15, -0.1) is 0 Å². The molecule has 0 spiro atoms. The quantitative estimate of drug-likeness (QED) is 0.319. The molecule has 2 aromatic heterocycles. The zero-order valence-electron chi connectivity index (χ0n) is 22.5. The minimum absolute atomic E-state index is 0.0700. The molecule has 39 heavy (non-hydrogen) atoms. The minimum atomic E-state index is -0.747. The number of esters is 1. The molecule has 5 atom stereocenters. The third kappa shape index (κ3) is 6.52. The predicted molar refractivity (Wildman–Crippen MR) is 148 cm³/mol. The van der Waals surface area contributed by atoms with E-state index in [1.165, 1.54) is 0 Å². The van der Waals surface area contributed by atoms with E-state index in [0.29, 0.717) is 37.3 Å². The number of ether oxygens (including phenoxy) is 4.